The maximum Gasteiger partial charge on any atom is 0.0510 e. The van der Waals surface area contributed by atoms with Gasteiger partial charge >= 0.3 is 0 Å². The Bertz CT molecular complexity index is 449. The lowest BCUT2D eigenvalue weighted by atomic mass is 9.87. The summed E-state index contributed by atoms with van der Waals surface area (Å²) in [6, 6.07) is 7.14. The van der Waals surface area contributed by atoms with E-state index in [1.165, 1.54) is 15.7 Å². The summed E-state index contributed by atoms with van der Waals surface area (Å²) in [6.07, 6.45) is 0. The summed E-state index contributed by atoms with van der Waals surface area (Å²) in [6.45, 7) is 15.6. The van der Waals surface area contributed by atoms with Crippen LogP contribution >= 0.6 is 15.9 Å². The summed E-state index contributed by atoms with van der Waals surface area (Å²) in [5, 5.41) is 3.49. The first-order valence-corrected chi connectivity index (χ1v) is 8.64. The largest absolute Gasteiger partial charge is 0.370 e. The molecule has 0 aliphatic carbocycles. The molecule has 0 bridgehead atoms. The smallest absolute Gasteiger partial charge is 0.0510 e. The molecule has 0 radical (unpaired) electrons. The van der Waals surface area contributed by atoms with Gasteiger partial charge in [0, 0.05) is 24.1 Å². The normalized spacial score (nSPS) is 13.6. The SMILES string of the molecule is CC(C)CNCc1ccc(N(C)C(C)C(C)(C)C)c(Br)c1. The van der Waals surface area contributed by atoms with E-state index in [2.05, 4.69) is 92.9 Å². The Morgan fingerprint density at radius 2 is 1.81 bits per heavy atom. The van der Waals surface area contributed by atoms with Crippen molar-refractivity contribution < 1.29 is 0 Å². The van der Waals surface area contributed by atoms with E-state index in [1.807, 2.05) is 0 Å². The molecule has 0 aliphatic heterocycles. The van der Waals surface area contributed by atoms with E-state index in [-0.39, 0.29) is 5.41 Å². The van der Waals surface area contributed by atoms with Gasteiger partial charge < -0.3 is 10.2 Å². The Labute approximate surface area is 139 Å². The molecule has 1 N–H and O–H groups in total. The molecule has 0 heterocycles. The Hall–Kier alpha value is -0.540. The third-order valence-electron chi connectivity index (χ3n) is 4.11. The molecule has 120 valence electrons. The molecular weight excluding hydrogens is 324 g/mol. The highest BCUT2D eigenvalue weighted by molar-refractivity contribution is 9.10. The monoisotopic (exact) mass is 354 g/mol. The van der Waals surface area contributed by atoms with E-state index in [1.54, 1.807) is 0 Å². The van der Waals surface area contributed by atoms with Crippen molar-refractivity contribution in [2.24, 2.45) is 11.3 Å². The van der Waals surface area contributed by atoms with Crippen LogP contribution in [0.1, 0.15) is 47.1 Å². The molecule has 3 heteroatoms. The predicted molar refractivity (Wildman–Crippen MR) is 98.0 cm³/mol. The molecule has 1 atom stereocenters. The van der Waals surface area contributed by atoms with Crippen molar-refractivity contribution >= 4 is 21.6 Å². The molecular formula is C18H31BrN2. The fourth-order valence-electron chi connectivity index (χ4n) is 2.24. The van der Waals surface area contributed by atoms with E-state index in [4.69, 9.17) is 0 Å². The first kappa shape index (κ1) is 18.5. The summed E-state index contributed by atoms with van der Waals surface area (Å²) in [5.41, 5.74) is 2.83. The maximum absolute atomic E-state index is 3.73. The molecule has 0 saturated heterocycles. The van der Waals surface area contributed by atoms with Crippen molar-refractivity contribution in [2.75, 3.05) is 18.5 Å². The number of halogens is 1. The Morgan fingerprint density at radius 3 is 2.29 bits per heavy atom. The number of nitrogens with zero attached hydrogens (tertiary/aromatic N) is 1. The number of anilines is 1. The molecule has 0 aliphatic rings. The Kier molecular flexibility index (Phi) is 6.73. The summed E-state index contributed by atoms with van der Waals surface area (Å²) >= 11 is 3.73. The minimum absolute atomic E-state index is 0.256. The van der Waals surface area contributed by atoms with E-state index in [9.17, 15) is 0 Å². The van der Waals surface area contributed by atoms with Gasteiger partial charge in [0.25, 0.3) is 0 Å². The molecule has 2 nitrogen and oxygen atoms in total. The fraction of sp³-hybridized carbons (Fsp3) is 0.667. The molecule has 1 aromatic carbocycles. The highest BCUT2D eigenvalue weighted by Crippen LogP contribution is 2.32. The van der Waals surface area contributed by atoms with Crippen LogP contribution in [0, 0.1) is 11.3 Å². The molecule has 0 spiro atoms. The lowest BCUT2D eigenvalue weighted by Crippen LogP contribution is -2.39. The van der Waals surface area contributed by atoms with Crippen molar-refractivity contribution in [1.29, 1.82) is 0 Å². The van der Waals surface area contributed by atoms with Gasteiger partial charge in [-0.2, -0.15) is 0 Å². The van der Waals surface area contributed by atoms with Gasteiger partial charge in [-0.1, -0.05) is 40.7 Å². The van der Waals surface area contributed by atoms with Crippen molar-refractivity contribution in [3.63, 3.8) is 0 Å². The van der Waals surface area contributed by atoms with Crippen LogP contribution in [-0.2, 0) is 6.54 Å². The number of hydrogen-bond donors (Lipinski definition) is 1. The fourth-order valence-corrected chi connectivity index (χ4v) is 2.95. The van der Waals surface area contributed by atoms with Crippen LogP contribution < -0.4 is 10.2 Å². The third kappa shape index (κ3) is 5.63. The van der Waals surface area contributed by atoms with Crippen LogP contribution in [0.25, 0.3) is 0 Å². The molecule has 1 unspecified atom stereocenters. The number of benzene rings is 1. The number of hydrogen-bond acceptors (Lipinski definition) is 2. The van der Waals surface area contributed by atoms with Gasteiger partial charge in [0.15, 0.2) is 0 Å². The second-order valence-corrected chi connectivity index (χ2v) is 8.32. The lowest BCUT2D eigenvalue weighted by Gasteiger charge is -2.37. The van der Waals surface area contributed by atoms with Gasteiger partial charge in [0.05, 0.1) is 5.69 Å². The molecule has 0 amide bonds. The molecule has 21 heavy (non-hydrogen) atoms. The molecule has 1 rings (SSSR count). The van der Waals surface area contributed by atoms with Crippen LogP contribution in [0.2, 0.25) is 0 Å². The first-order valence-electron chi connectivity index (χ1n) is 7.85. The van der Waals surface area contributed by atoms with Gasteiger partial charge in [0.1, 0.15) is 0 Å². The zero-order valence-electron chi connectivity index (χ0n) is 14.6. The van der Waals surface area contributed by atoms with Crippen molar-refractivity contribution in [3.8, 4) is 0 Å². The highest BCUT2D eigenvalue weighted by Gasteiger charge is 2.25. The Balaban J connectivity index is 2.78. The van der Waals surface area contributed by atoms with Gasteiger partial charge in [0.2, 0.25) is 0 Å². The number of nitrogens with one attached hydrogen (secondary N) is 1. The standard InChI is InChI=1S/C18H31BrN2/c1-13(2)11-20-12-15-8-9-17(16(19)10-15)21(7)14(3)18(4,5)6/h8-10,13-14,20H,11-12H2,1-7H3. The van der Waals surface area contributed by atoms with Crippen LogP contribution in [0.15, 0.2) is 22.7 Å². The summed E-state index contributed by atoms with van der Waals surface area (Å²) in [5.74, 6) is 0.687. The highest BCUT2D eigenvalue weighted by atomic mass is 79.9. The topological polar surface area (TPSA) is 15.3 Å². The van der Waals surface area contributed by atoms with Crippen molar-refractivity contribution in [3.05, 3.63) is 28.2 Å². The average Bonchev–Trinajstić information content (AvgIpc) is 2.35. The second kappa shape index (κ2) is 7.64. The van der Waals surface area contributed by atoms with E-state index in [0.29, 0.717) is 12.0 Å². The minimum Gasteiger partial charge on any atom is -0.370 e. The van der Waals surface area contributed by atoms with E-state index in [0.717, 1.165) is 13.1 Å². The zero-order valence-corrected chi connectivity index (χ0v) is 16.2. The van der Waals surface area contributed by atoms with Crippen molar-refractivity contribution in [2.45, 2.75) is 54.1 Å². The lowest BCUT2D eigenvalue weighted by molar-refractivity contribution is 0.329. The molecule has 1 aromatic rings. The van der Waals surface area contributed by atoms with Crippen LogP contribution in [0.3, 0.4) is 0 Å². The summed E-state index contributed by atoms with van der Waals surface area (Å²) in [7, 11) is 2.17. The maximum atomic E-state index is 3.73. The molecule has 0 fully saturated rings. The quantitative estimate of drug-likeness (QED) is 0.767. The Morgan fingerprint density at radius 1 is 1.19 bits per heavy atom. The minimum atomic E-state index is 0.256. The summed E-state index contributed by atoms with van der Waals surface area (Å²) in [4.78, 5) is 2.36. The zero-order chi connectivity index (χ0) is 16.2. The van der Waals surface area contributed by atoms with Crippen LogP contribution in [0.4, 0.5) is 5.69 Å². The van der Waals surface area contributed by atoms with Crippen molar-refractivity contribution in [1.82, 2.24) is 5.32 Å². The molecule has 0 saturated carbocycles. The van der Waals surface area contributed by atoms with Crippen LogP contribution in [0.5, 0.6) is 0 Å². The first-order chi connectivity index (χ1) is 9.62. The summed E-state index contributed by atoms with van der Waals surface area (Å²) < 4.78 is 1.17. The van der Waals surface area contributed by atoms with Gasteiger partial charge in [-0.3, -0.25) is 0 Å². The molecule has 0 aromatic heterocycles. The average molecular weight is 355 g/mol. The van der Waals surface area contributed by atoms with Gasteiger partial charge in [-0.25, -0.2) is 0 Å². The second-order valence-electron chi connectivity index (χ2n) is 7.46. The number of rotatable bonds is 6. The van der Waals surface area contributed by atoms with Gasteiger partial charge in [-0.05, 0) is 58.4 Å². The third-order valence-corrected chi connectivity index (χ3v) is 4.74. The van der Waals surface area contributed by atoms with Crippen LogP contribution in [-0.4, -0.2) is 19.6 Å². The van der Waals surface area contributed by atoms with E-state index >= 15 is 0 Å². The van der Waals surface area contributed by atoms with E-state index < -0.39 is 0 Å². The van der Waals surface area contributed by atoms with Gasteiger partial charge in [-0.15, -0.1) is 0 Å². The predicted octanol–water partition coefficient (Wildman–Crippen LogP) is 5.07.